The van der Waals surface area contributed by atoms with Crippen LogP contribution in [-0.4, -0.2) is 92.9 Å². The lowest BCUT2D eigenvalue weighted by atomic mass is 10.2. The van der Waals surface area contributed by atoms with E-state index in [0.29, 0.717) is 28.7 Å². The third kappa shape index (κ3) is 6.53. The lowest BCUT2D eigenvalue weighted by molar-refractivity contribution is 0.315. The van der Waals surface area contributed by atoms with Crippen LogP contribution >= 0.6 is 0 Å². The van der Waals surface area contributed by atoms with Gasteiger partial charge in [-0.1, -0.05) is 0 Å². The van der Waals surface area contributed by atoms with Gasteiger partial charge in [0.2, 0.25) is 0 Å². The van der Waals surface area contributed by atoms with Gasteiger partial charge >= 0.3 is 0 Å². The second-order valence-electron chi connectivity index (χ2n) is 11.6. The number of aromatic nitrogens is 2. The van der Waals surface area contributed by atoms with Crippen molar-refractivity contribution in [3.63, 3.8) is 0 Å². The summed E-state index contributed by atoms with van der Waals surface area (Å²) in [5.41, 5.74) is 10.4. The summed E-state index contributed by atoms with van der Waals surface area (Å²) in [5.74, 6) is 0.652. The topological polar surface area (TPSA) is 83.1 Å². The zero-order valence-electron chi connectivity index (χ0n) is 25.4. The third-order valence-electron chi connectivity index (χ3n) is 8.50. The van der Waals surface area contributed by atoms with E-state index in [1.54, 1.807) is 30.1 Å². The Morgan fingerprint density at radius 1 is 0.786 bits per heavy atom. The van der Waals surface area contributed by atoms with Gasteiger partial charge in [0, 0.05) is 55.3 Å². The molecule has 9 nitrogen and oxygen atoms in total. The Bertz CT molecular complexity index is 1530. The van der Waals surface area contributed by atoms with Crippen molar-refractivity contribution in [2.45, 2.75) is 24.9 Å². The van der Waals surface area contributed by atoms with E-state index in [0.717, 1.165) is 37.6 Å². The minimum Gasteiger partial charge on any atom is -0.497 e. The zero-order chi connectivity index (χ0) is 29.8. The van der Waals surface area contributed by atoms with E-state index in [1.807, 2.05) is 30.3 Å². The van der Waals surface area contributed by atoms with E-state index in [4.69, 9.17) is 10.5 Å². The van der Waals surface area contributed by atoms with E-state index in [2.05, 4.69) is 77.0 Å². The van der Waals surface area contributed by atoms with E-state index >= 15 is 0 Å². The summed E-state index contributed by atoms with van der Waals surface area (Å²) in [5, 5.41) is 0.550. The molecule has 0 radical (unpaired) electrons. The molecule has 0 saturated carbocycles. The Morgan fingerprint density at radius 2 is 1.31 bits per heavy atom. The summed E-state index contributed by atoms with van der Waals surface area (Å²) in [6.45, 7) is 4.35. The number of methoxy groups -OCH3 is 1. The Balaban J connectivity index is 0.000000199. The van der Waals surface area contributed by atoms with Gasteiger partial charge in [-0.2, -0.15) is 0 Å². The molecule has 9 heteroatoms. The van der Waals surface area contributed by atoms with Gasteiger partial charge in [-0.25, -0.2) is 4.98 Å². The summed E-state index contributed by atoms with van der Waals surface area (Å²) < 4.78 is 6.82. The maximum atomic E-state index is 12.9. The molecular weight excluding hydrogens is 526 g/mol. The number of benzene rings is 3. The van der Waals surface area contributed by atoms with Crippen molar-refractivity contribution in [1.29, 1.82) is 0 Å². The highest BCUT2D eigenvalue weighted by molar-refractivity contribution is 5.79. The van der Waals surface area contributed by atoms with Crippen LogP contribution in [0.5, 0.6) is 5.75 Å². The lowest BCUT2D eigenvalue weighted by Crippen LogP contribution is -2.31. The first-order chi connectivity index (χ1) is 20.2. The second kappa shape index (κ2) is 12.8. The largest absolute Gasteiger partial charge is 0.497 e. The van der Waals surface area contributed by atoms with Crippen LogP contribution in [0.15, 0.2) is 77.9 Å². The van der Waals surface area contributed by atoms with Crippen LogP contribution in [0, 0.1) is 0 Å². The Kier molecular flexibility index (Phi) is 8.99. The molecule has 6 rings (SSSR count). The van der Waals surface area contributed by atoms with E-state index < -0.39 is 0 Å². The minimum atomic E-state index is -0.0968. The standard InChI is InChI=1S/C21H24N4O2.C12H19N3/c1-23(2)17-10-11-24(13-17)15-4-6-16(7-5-15)25-14-22-20-9-8-18(27-3)12-19(20)21(25)26;1-14(2)12-7-8-15(9-12)11-5-3-10(13)4-6-11/h4-9,12,14,17H,10-11,13H2,1-3H3;3-6,12H,7-9,13H2,1-2H3. The van der Waals surface area contributed by atoms with Crippen molar-refractivity contribution in [2.24, 2.45) is 0 Å². The summed E-state index contributed by atoms with van der Waals surface area (Å²) in [6.07, 6.45) is 4.01. The van der Waals surface area contributed by atoms with Crippen molar-refractivity contribution >= 4 is 28.0 Å². The van der Waals surface area contributed by atoms with Crippen LogP contribution in [0.1, 0.15) is 12.8 Å². The van der Waals surface area contributed by atoms with Gasteiger partial charge in [0.05, 0.1) is 23.7 Å². The molecule has 2 saturated heterocycles. The second-order valence-corrected chi connectivity index (χ2v) is 11.6. The number of ether oxygens (including phenoxy) is 1. The predicted octanol–water partition coefficient (Wildman–Crippen LogP) is 3.94. The van der Waals surface area contributed by atoms with Crippen LogP contribution in [0.3, 0.4) is 0 Å². The molecule has 2 atom stereocenters. The van der Waals surface area contributed by atoms with Gasteiger partial charge < -0.3 is 30.1 Å². The monoisotopic (exact) mass is 569 g/mol. The fourth-order valence-electron chi connectivity index (χ4n) is 5.72. The number of hydrogen-bond acceptors (Lipinski definition) is 8. The van der Waals surface area contributed by atoms with Crippen LogP contribution < -0.4 is 25.8 Å². The molecule has 3 aromatic carbocycles. The molecule has 0 bridgehead atoms. The first-order valence-corrected chi connectivity index (χ1v) is 14.6. The number of likely N-dealkylation sites (N-methyl/N-ethyl adjacent to an activating group) is 2. The highest BCUT2D eigenvalue weighted by atomic mass is 16.5. The molecule has 0 spiro atoms. The van der Waals surface area contributed by atoms with E-state index in [-0.39, 0.29) is 5.56 Å². The summed E-state index contributed by atoms with van der Waals surface area (Å²) in [7, 11) is 10.2. The van der Waals surface area contributed by atoms with Gasteiger partial charge in [0.1, 0.15) is 12.1 Å². The first kappa shape index (κ1) is 29.4. The molecule has 2 aliphatic rings. The summed E-state index contributed by atoms with van der Waals surface area (Å²) >= 11 is 0. The van der Waals surface area contributed by atoms with Crippen molar-refractivity contribution in [3.05, 3.63) is 83.4 Å². The quantitative estimate of drug-likeness (QED) is 0.350. The summed E-state index contributed by atoms with van der Waals surface area (Å²) in [6, 6.07) is 22.9. The molecule has 0 amide bonds. The molecule has 2 unspecified atom stereocenters. The molecule has 1 aromatic heterocycles. The Labute approximate surface area is 248 Å². The first-order valence-electron chi connectivity index (χ1n) is 14.6. The molecule has 222 valence electrons. The van der Waals surface area contributed by atoms with Crippen LogP contribution in [-0.2, 0) is 0 Å². The van der Waals surface area contributed by atoms with E-state index in [1.165, 1.54) is 24.2 Å². The number of hydrogen-bond donors (Lipinski definition) is 1. The highest BCUT2D eigenvalue weighted by Gasteiger charge is 2.25. The molecule has 42 heavy (non-hydrogen) atoms. The zero-order valence-corrected chi connectivity index (χ0v) is 25.4. The predicted molar refractivity (Wildman–Crippen MR) is 173 cm³/mol. The minimum absolute atomic E-state index is 0.0968. The van der Waals surface area contributed by atoms with Crippen molar-refractivity contribution in [1.82, 2.24) is 19.4 Å². The molecule has 0 aliphatic carbocycles. The highest BCUT2D eigenvalue weighted by Crippen LogP contribution is 2.24. The smallest absolute Gasteiger partial charge is 0.265 e. The third-order valence-corrected chi connectivity index (χ3v) is 8.50. The molecule has 3 heterocycles. The van der Waals surface area contributed by atoms with Gasteiger partial charge in [0.25, 0.3) is 5.56 Å². The molecule has 4 aromatic rings. The number of anilines is 3. The molecule has 2 N–H and O–H groups in total. The Hall–Kier alpha value is -4.08. The Morgan fingerprint density at radius 3 is 1.81 bits per heavy atom. The van der Waals surface area contributed by atoms with Crippen LogP contribution in [0.2, 0.25) is 0 Å². The normalized spacial score (nSPS) is 18.5. The van der Waals surface area contributed by atoms with Crippen molar-refractivity contribution in [3.8, 4) is 11.4 Å². The number of rotatable bonds is 6. The van der Waals surface area contributed by atoms with Crippen LogP contribution in [0.25, 0.3) is 16.6 Å². The lowest BCUT2D eigenvalue weighted by Gasteiger charge is -2.22. The average Bonchev–Trinajstić information content (AvgIpc) is 3.70. The average molecular weight is 570 g/mol. The molecular formula is C33H43N7O2. The maximum absolute atomic E-state index is 12.9. The van der Waals surface area contributed by atoms with Gasteiger partial charge in [0.15, 0.2) is 0 Å². The number of nitrogen functional groups attached to an aromatic ring is 1. The SMILES string of the molecule is CN(C)C1CCN(c2ccc(N)cc2)C1.COc1ccc2ncn(-c3ccc(N4CCC(N(C)C)C4)cc3)c(=O)c2c1. The maximum Gasteiger partial charge on any atom is 0.265 e. The van der Waals surface area contributed by atoms with Crippen LogP contribution in [0.4, 0.5) is 17.1 Å². The van der Waals surface area contributed by atoms with Gasteiger partial charge in [-0.3, -0.25) is 9.36 Å². The fraction of sp³-hybridized carbons (Fsp3) is 0.394. The van der Waals surface area contributed by atoms with Gasteiger partial charge in [-0.05, 0) is 108 Å². The van der Waals surface area contributed by atoms with Crippen molar-refractivity contribution in [2.75, 3.05) is 77.0 Å². The number of nitrogens with two attached hydrogens (primary N) is 1. The number of fused-ring (bicyclic) bond motifs is 1. The number of nitrogens with zero attached hydrogens (tertiary/aromatic N) is 6. The van der Waals surface area contributed by atoms with Gasteiger partial charge in [-0.15, -0.1) is 0 Å². The molecule has 2 aliphatic heterocycles. The molecule has 2 fully saturated rings. The fourth-order valence-corrected chi connectivity index (χ4v) is 5.72. The summed E-state index contributed by atoms with van der Waals surface area (Å²) in [4.78, 5) is 26.7. The van der Waals surface area contributed by atoms with Crippen molar-refractivity contribution < 1.29 is 4.74 Å². The van der Waals surface area contributed by atoms with E-state index in [9.17, 15) is 4.79 Å².